The van der Waals surface area contributed by atoms with Crippen molar-refractivity contribution < 1.29 is 4.79 Å². The summed E-state index contributed by atoms with van der Waals surface area (Å²) in [7, 11) is 4.08. The van der Waals surface area contributed by atoms with Gasteiger partial charge in [0.25, 0.3) is 0 Å². The second-order valence-corrected chi connectivity index (χ2v) is 7.18. The molecule has 1 saturated carbocycles. The zero-order valence-corrected chi connectivity index (χ0v) is 14.5. The van der Waals surface area contributed by atoms with Gasteiger partial charge in [-0.1, -0.05) is 0 Å². The predicted molar refractivity (Wildman–Crippen MR) is 87.9 cm³/mol. The molecular formula is C15H22N6OS. The van der Waals surface area contributed by atoms with E-state index < -0.39 is 0 Å². The summed E-state index contributed by atoms with van der Waals surface area (Å²) in [4.78, 5) is 17.6. The van der Waals surface area contributed by atoms with Crippen LogP contribution in [-0.4, -0.2) is 43.6 Å². The number of nitrogens with zero attached hydrogens (tertiary/aromatic N) is 5. The van der Waals surface area contributed by atoms with Gasteiger partial charge >= 0.3 is 0 Å². The Bertz CT molecular complexity index is 662. The first-order valence-electron chi connectivity index (χ1n) is 7.75. The van der Waals surface area contributed by atoms with Gasteiger partial charge in [-0.25, -0.2) is 4.98 Å². The number of rotatable bonds is 6. The van der Waals surface area contributed by atoms with E-state index in [0.717, 1.165) is 42.6 Å². The van der Waals surface area contributed by atoms with Gasteiger partial charge in [-0.2, -0.15) is 0 Å². The molecule has 2 aromatic heterocycles. The summed E-state index contributed by atoms with van der Waals surface area (Å²) in [5.41, 5.74) is 0. The number of amides is 1. The third-order valence-electron chi connectivity index (χ3n) is 4.21. The molecule has 0 unspecified atom stereocenters. The fourth-order valence-corrected chi connectivity index (χ4v) is 3.66. The van der Waals surface area contributed by atoms with E-state index >= 15 is 0 Å². The third kappa shape index (κ3) is 3.76. The second-order valence-electron chi connectivity index (χ2n) is 6.20. The first-order chi connectivity index (χ1) is 11.0. The Morgan fingerprint density at radius 1 is 1.43 bits per heavy atom. The van der Waals surface area contributed by atoms with Crippen LogP contribution >= 0.6 is 11.3 Å². The van der Waals surface area contributed by atoms with Gasteiger partial charge in [0, 0.05) is 37.5 Å². The Balaban J connectivity index is 1.56. The highest BCUT2D eigenvalue weighted by atomic mass is 32.1. The smallest absolute Gasteiger partial charge is 0.217 e. The maximum atomic E-state index is 11.1. The average molecular weight is 334 g/mol. The van der Waals surface area contributed by atoms with Gasteiger partial charge in [-0.05, 0) is 19.9 Å². The van der Waals surface area contributed by atoms with Gasteiger partial charge in [-0.3, -0.25) is 9.69 Å². The second kappa shape index (κ2) is 6.76. The summed E-state index contributed by atoms with van der Waals surface area (Å²) in [6.45, 7) is 3.12. The molecule has 0 aromatic carbocycles. The lowest BCUT2D eigenvalue weighted by Crippen LogP contribution is -2.43. The highest BCUT2D eigenvalue weighted by Gasteiger charge is 2.34. The van der Waals surface area contributed by atoms with E-state index in [1.54, 1.807) is 18.3 Å². The lowest BCUT2D eigenvalue weighted by Gasteiger charge is -2.34. The van der Waals surface area contributed by atoms with Crippen LogP contribution in [0.4, 0.5) is 0 Å². The molecule has 124 valence electrons. The molecule has 0 bridgehead atoms. The van der Waals surface area contributed by atoms with Gasteiger partial charge in [0.15, 0.2) is 0 Å². The molecule has 0 aliphatic heterocycles. The predicted octanol–water partition coefficient (Wildman–Crippen LogP) is 1.29. The van der Waals surface area contributed by atoms with Crippen LogP contribution in [0.25, 0.3) is 0 Å². The topological polar surface area (TPSA) is 75.9 Å². The fourth-order valence-electron chi connectivity index (χ4n) is 2.96. The Hall–Kier alpha value is -1.80. The Labute approximate surface area is 139 Å². The van der Waals surface area contributed by atoms with Crippen LogP contribution in [0.5, 0.6) is 0 Å². The molecule has 2 heterocycles. The zero-order valence-electron chi connectivity index (χ0n) is 13.7. The van der Waals surface area contributed by atoms with Crippen molar-refractivity contribution in [2.75, 3.05) is 7.05 Å². The van der Waals surface area contributed by atoms with Crippen LogP contribution in [0.1, 0.15) is 42.3 Å². The van der Waals surface area contributed by atoms with E-state index in [4.69, 9.17) is 0 Å². The molecule has 1 amide bonds. The van der Waals surface area contributed by atoms with E-state index in [2.05, 4.69) is 37.0 Å². The lowest BCUT2D eigenvalue weighted by molar-refractivity contribution is -0.120. The van der Waals surface area contributed by atoms with Crippen molar-refractivity contribution in [1.29, 1.82) is 0 Å². The molecule has 2 aromatic rings. The molecule has 0 radical (unpaired) electrons. The van der Waals surface area contributed by atoms with Gasteiger partial charge < -0.3 is 9.88 Å². The summed E-state index contributed by atoms with van der Waals surface area (Å²) in [5, 5.41) is 14.8. The van der Waals surface area contributed by atoms with Crippen molar-refractivity contribution in [2.24, 2.45) is 7.05 Å². The van der Waals surface area contributed by atoms with Crippen LogP contribution in [0, 0.1) is 0 Å². The van der Waals surface area contributed by atoms with Crippen molar-refractivity contribution in [2.45, 2.75) is 44.8 Å². The molecule has 1 aliphatic carbocycles. The number of nitrogens with one attached hydrogen (secondary N) is 1. The van der Waals surface area contributed by atoms with E-state index in [1.807, 2.05) is 18.6 Å². The van der Waals surface area contributed by atoms with Crippen molar-refractivity contribution in [3.8, 4) is 0 Å². The van der Waals surface area contributed by atoms with Crippen molar-refractivity contribution in [1.82, 2.24) is 30.0 Å². The Kier molecular flexibility index (Phi) is 4.72. The molecule has 0 spiro atoms. The van der Waals surface area contributed by atoms with Crippen LogP contribution in [0.15, 0.2) is 11.6 Å². The molecule has 1 fully saturated rings. The summed E-state index contributed by atoms with van der Waals surface area (Å²) >= 11 is 1.66. The monoisotopic (exact) mass is 334 g/mol. The Morgan fingerprint density at radius 3 is 2.87 bits per heavy atom. The Morgan fingerprint density at radius 2 is 2.22 bits per heavy atom. The molecular weight excluding hydrogens is 312 g/mol. The highest BCUT2D eigenvalue weighted by molar-refractivity contribution is 7.09. The fraction of sp³-hybridized carbons (Fsp3) is 0.600. The SMILES string of the molecule is CC(=O)NC1CC(c2nnc(CN(C)Cc3nccs3)n2C)C1. The average Bonchev–Trinajstić information content (AvgIpc) is 3.05. The van der Waals surface area contributed by atoms with Gasteiger partial charge in [0.05, 0.1) is 13.1 Å². The van der Waals surface area contributed by atoms with Gasteiger partial charge in [0.2, 0.25) is 5.91 Å². The molecule has 8 heteroatoms. The quantitative estimate of drug-likeness (QED) is 0.861. The summed E-state index contributed by atoms with van der Waals surface area (Å²) in [6.07, 6.45) is 3.72. The minimum Gasteiger partial charge on any atom is -0.354 e. The highest BCUT2D eigenvalue weighted by Crippen LogP contribution is 2.35. The van der Waals surface area contributed by atoms with Crippen LogP contribution in [0.3, 0.4) is 0 Å². The first kappa shape index (κ1) is 16.1. The van der Waals surface area contributed by atoms with Crippen LogP contribution in [0.2, 0.25) is 0 Å². The number of carbonyl (C=O) groups is 1. The molecule has 1 aliphatic rings. The number of thiazole rings is 1. The zero-order chi connectivity index (χ0) is 16.4. The maximum Gasteiger partial charge on any atom is 0.217 e. The normalized spacial score (nSPS) is 20.5. The van der Waals surface area contributed by atoms with Crippen LogP contribution < -0.4 is 5.32 Å². The molecule has 1 N–H and O–H groups in total. The van der Waals surface area contributed by atoms with Gasteiger partial charge in [-0.15, -0.1) is 21.5 Å². The summed E-state index contributed by atoms with van der Waals surface area (Å²) in [6, 6.07) is 0.283. The van der Waals surface area contributed by atoms with Crippen molar-refractivity contribution in [3.63, 3.8) is 0 Å². The molecule has 0 saturated heterocycles. The first-order valence-corrected chi connectivity index (χ1v) is 8.63. The number of carbonyl (C=O) groups excluding carboxylic acids is 1. The summed E-state index contributed by atoms with van der Waals surface area (Å²) < 4.78 is 2.09. The number of aromatic nitrogens is 4. The van der Waals surface area contributed by atoms with E-state index in [9.17, 15) is 4.79 Å². The molecule has 0 atom stereocenters. The van der Waals surface area contributed by atoms with Crippen molar-refractivity contribution in [3.05, 3.63) is 28.2 Å². The maximum absolute atomic E-state index is 11.1. The molecule has 23 heavy (non-hydrogen) atoms. The van der Waals surface area contributed by atoms with E-state index in [1.165, 1.54) is 0 Å². The van der Waals surface area contributed by atoms with E-state index in [0.29, 0.717) is 5.92 Å². The summed E-state index contributed by atoms with van der Waals surface area (Å²) in [5.74, 6) is 2.41. The van der Waals surface area contributed by atoms with Crippen LogP contribution in [-0.2, 0) is 24.9 Å². The number of hydrogen-bond acceptors (Lipinski definition) is 6. The largest absolute Gasteiger partial charge is 0.354 e. The van der Waals surface area contributed by atoms with E-state index in [-0.39, 0.29) is 11.9 Å². The number of hydrogen-bond donors (Lipinski definition) is 1. The minimum absolute atomic E-state index is 0.0379. The van der Waals surface area contributed by atoms with Crippen molar-refractivity contribution >= 4 is 17.2 Å². The standard InChI is InChI=1S/C15H22N6OS/c1-10(22)17-12-6-11(7-12)15-19-18-13(21(15)3)8-20(2)9-14-16-4-5-23-14/h4-5,11-12H,6-9H2,1-3H3,(H,17,22). The molecule has 7 nitrogen and oxygen atoms in total. The van der Waals surface area contributed by atoms with Gasteiger partial charge in [0.1, 0.15) is 16.7 Å². The third-order valence-corrected chi connectivity index (χ3v) is 4.97. The minimum atomic E-state index is 0.0379. The molecule has 3 rings (SSSR count). The lowest BCUT2D eigenvalue weighted by atomic mass is 9.79.